The van der Waals surface area contributed by atoms with Crippen molar-refractivity contribution in [2.24, 2.45) is 29.6 Å². The van der Waals surface area contributed by atoms with Gasteiger partial charge in [0.05, 0.1) is 47.6 Å². The van der Waals surface area contributed by atoms with Crippen molar-refractivity contribution in [2.45, 2.75) is 180 Å². The molecule has 3 N–H and O–H groups in total. The predicted octanol–water partition coefficient (Wildman–Crippen LogP) is 4.70. The van der Waals surface area contributed by atoms with Crippen LogP contribution in [0.1, 0.15) is 102 Å². The normalized spacial score (nSPS) is 49.0. The summed E-state index contributed by atoms with van der Waals surface area (Å²) in [6.07, 6.45) is -5.42. The zero-order chi connectivity index (χ0) is 39.7. The van der Waals surface area contributed by atoms with Crippen LogP contribution in [0.15, 0.2) is 12.2 Å². The lowest BCUT2D eigenvalue weighted by molar-refractivity contribution is -0.315. The van der Waals surface area contributed by atoms with Crippen molar-refractivity contribution in [3.63, 3.8) is 0 Å². The highest BCUT2D eigenvalue weighted by molar-refractivity contribution is 5.73. The van der Waals surface area contributed by atoms with Gasteiger partial charge in [0.15, 0.2) is 12.6 Å². The Morgan fingerprint density at radius 3 is 2.04 bits per heavy atom. The van der Waals surface area contributed by atoms with Crippen LogP contribution >= 0.6 is 0 Å². The van der Waals surface area contributed by atoms with Crippen LogP contribution in [-0.2, 0) is 38.0 Å². The summed E-state index contributed by atoms with van der Waals surface area (Å²) in [5, 5.41) is 35.0. The van der Waals surface area contributed by atoms with Gasteiger partial charge in [-0.15, -0.1) is 0 Å². The van der Waals surface area contributed by atoms with Crippen molar-refractivity contribution >= 4 is 5.97 Å². The molecule has 3 saturated heterocycles. The van der Waals surface area contributed by atoms with E-state index in [2.05, 4.69) is 13.5 Å². The maximum absolute atomic E-state index is 14.3. The largest absolute Gasteiger partial charge is 0.459 e. The van der Waals surface area contributed by atoms with Crippen molar-refractivity contribution < 1.29 is 53.3 Å². The smallest absolute Gasteiger partial charge is 0.311 e. The van der Waals surface area contributed by atoms with E-state index in [0.29, 0.717) is 24.8 Å². The van der Waals surface area contributed by atoms with Crippen LogP contribution in [0.25, 0.3) is 0 Å². The molecular weight excluding hydrogens is 670 g/mol. The van der Waals surface area contributed by atoms with Gasteiger partial charge in [0, 0.05) is 44.4 Å². The lowest BCUT2D eigenvalue weighted by Gasteiger charge is -2.50. The lowest BCUT2D eigenvalue weighted by Crippen LogP contribution is -2.60. The SMILES string of the molecule is C=C1C(C)CC(C)(OC)C(OC2OC(C)CC(N(C)C)C2O)C(C)C(OC2CC(C)(OC)C(C)C(C)O2)C(C)C(=O)OC(CC)C(C)(O)C(O)C1C. The number of methoxy groups -OCH3 is 2. The van der Waals surface area contributed by atoms with Crippen LogP contribution in [0.5, 0.6) is 0 Å². The molecule has 12 heteroatoms. The van der Waals surface area contributed by atoms with Crippen LogP contribution in [0, 0.1) is 29.6 Å². The summed E-state index contributed by atoms with van der Waals surface area (Å²) in [6.45, 7) is 25.2. The van der Waals surface area contributed by atoms with Crippen molar-refractivity contribution in [3.05, 3.63) is 12.2 Å². The lowest BCUT2D eigenvalue weighted by atomic mass is 9.72. The van der Waals surface area contributed by atoms with Gasteiger partial charge in [-0.2, -0.15) is 0 Å². The van der Waals surface area contributed by atoms with Crippen LogP contribution in [0.4, 0.5) is 0 Å². The average molecular weight is 744 g/mol. The fraction of sp³-hybridized carbons (Fsp3) is 0.925. The molecule has 0 aliphatic carbocycles. The molecule has 52 heavy (non-hydrogen) atoms. The van der Waals surface area contributed by atoms with Gasteiger partial charge in [-0.05, 0) is 80.8 Å². The Kier molecular flexibility index (Phi) is 15.4. The summed E-state index contributed by atoms with van der Waals surface area (Å²) in [7, 11) is 7.15. The first-order chi connectivity index (χ1) is 24.0. The number of hydrogen-bond acceptors (Lipinski definition) is 12. The number of hydrogen-bond donors (Lipinski definition) is 3. The molecule has 0 aromatic carbocycles. The van der Waals surface area contributed by atoms with E-state index in [0.717, 1.165) is 0 Å². The molecule has 0 aromatic heterocycles. The number of cyclic esters (lactones) is 1. The summed E-state index contributed by atoms with van der Waals surface area (Å²) in [5.74, 6) is -2.77. The quantitative estimate of drug-likeness (QED) is 0.234. The van der Waals surface area contributed by atoms with Gasteiger partial charge in [-0.3, -0.25) is 4.79 Å². The second-order valence-electron chi connectivity index (χ2n) is 17.1. The Morgan fingerprint density at radius 1 is 0.904 bits per heavy atom. The first kappa shape index (κ1) is 45.2. The minimum Gasteiger partial charge on any atom is -0.459 e. The Balaban J connectivity index is 2.22. The standard InChI is InChI=1S/C40H73NO11/c1-17-30-40(12,45)34(43)24(5)23(4)21(2)19-39(11,47-16)35(52-37-32(42)29(41(13)14)18-22(3)48-37)25(6)33(26(7)36(44)50-30)51-31-20-38(10,46-15)27(8)28(9)49-31/h21-22,24-35,37,42-43,45H,4,17-20H2,1-3,5-16H3. The van der Waals surface area contributed by atoms with Crippen molar-refractivity contribution in [1.29, 1.82) is 0 Å². The van der Waals surface area contributed by atoms with E-state index in [1.807, 2.05) is 67.5 Å². The van der Waals surface area contributed by atoms with Gasteiger partial charge in [0.2, 0.25) is 0 Å². The number of rotatable bonds is 8. The molecule has 0 saturated carbocycles. The van der Waals surface area contributed by atoms with Gasteiger partial charge in [-0.25, -0.2) is 0 Å². The molecule has 18 atom stereocenters. The van der Waals surface area contributed by atoms with Gasteiger partial charge in [-0.1, -0.05) is 46.8 Å². The molecule has 0 aromatic rings. The zero-order valence-electron chi connectivity index (χ0n) is 34.8. The first-order valence-electron chi connectivity index (χ1n) is 19.4. The van der Waals surface area contributed by atoms with Crippen molar-refractivity contribution in [1.82, 2.24) is 4.90 Å². The monoisotopic (exact) mass is 744 g/mol. The third kappa shape index (κ3) is 9.42. The van der Waals surface area contributed by atoms with E-state index in [-0.39, 0.29) is 36.5 Å². The molecule has 3 fully saturated rings. The van der Waals surface area contributed by atoms with E-state index in [1.165, 1.54) is 6.92 Å². The highest BCUT2D eigenvalue weighted by atomic mass is 16.7. The second kappa shape index (κ2) is 17.7. The topological polar surface area (TPSA) is 146 Å². The Bertz CT molecular complexity index is 1180. The molecule has 3 aliphatic rings. The third-order valence-corrected chi connectivity index (χ3v) is 13.1. The van der Waals surface area contributed by atoms with Gasteiger partial charge in [0.25, 0.3) is 0 Å². The fourth-order valence-corrected chi connectivity index (χ4v) is 8.84. The number of aliphatic hydroxyl groups is 3. The summed E-state index contributed by atoms with van der Waals surface area (Å²) >= 11 is 0. The average Bonchev–Trinajstić information content (AvgIpc) is 3.09. The Hall–Kier alpha value is -1.19. The van der Waals surface area contributed by atoms with Gasteiger partial charge >= 0.3 is 5.97 Å². The van der Waals surface area contributed by atoms with Crippen molar-refractivity contribution in [2.75, 3.05) is 28.3 Å². The Morgan fingerprint density at radius 2 is 1.50 bits per heavy atom. The zero-order valence-corrected chi connectivity index (χ0v) is 34.8. The number of aliphatic hydroxyl groups excluding tert-OH is 2. The number of carbonyl (C=O) groups excluding carboxylic acids is 1. The molecule has 0 amide bonds. The van der Waals surface area contributed by atoms with Crippen LogP contribution in [0.2, 0.25) is 0 Å². The molecular formula is C40H73NO11. The van der Waals surface area contributed by atoms with Gasteiger partial charge in [0.1, 0.15) is 17.8 Å². The minimum atomic E-state index is -1.78. The second-order valence-corrected chi connectivity index (χ2v) is 17.1. The third-order valence-electron chi connectivity index (χ3n) is 13.1. The van der Waals surface area contributed by atoms with E-state index in [9.17, 15) is 20.1 Å². The van der Waals surface area contributed by atoms with Gasteiger partial charge < -0.3 is 53.4 Å². The molecule has 3 aliphatic heterocycles. The first-order valence-corrected chi connectivity index (χ1v) is 19.4. The number of carbonyl (C=O) groups is 1. The Labute approximate surface area is 313 Å². The maximum Gasteiger partial charge on any atom is 0.311 e. The number of esters is 1. The van der Waals surface area contributed by atoms with E-state index >= 15 is 0 Å². The minimum absolute atomic E-state index is 0.0709. The van der Waals surface area contributed by atoms with Crippen molar-refractivity contribution in [3.8, 4) is 0 Å². The van der Waals surface area contributed by atoms with Crippen LogP contribution < -0.4 is 0 Å². The molecule has 0 bridgehead atoms. The van der Waals surface area contributed by atoms with Crippen LogP contribution in [-0.4, -0.2) is 133 Å². The summed E-state index contributed by atoms with van der Waals surface area (Å²) in [5.41, 5.74) is -2.68. The molecule has 304 valence electrons. The number of ether oxygens (including phenoxy) is 7. The van der Waals surface area contributed by atoms with E-state index in [1.54, 1.807) is 28.1 Å². The van der Waals surface area contributed by atoms with E-state index < -0.39 is 83.6 Å². The summed E-state index contributed by atoms with van der Waals surface area (Å²) in [6, 6.07) is -0.219. The summed E-state index contributed by atoms with van der Waals surface area (Å²) in [4.78, 5) is 16.2. The number of likely N-dealkylation sites (N-methyl/N-ethyl adjacent to an activating group) is 1. The molecule has 0 spiro atoms. The van der Waals surface area contributed by atoms with E-state index in [4.69, 9.17) is 33.2 Å². The molecule has 18 unspecified atom stereocenters. The maximum atomic E-state index is 14.3. The highest BCUT2D eigenvalue weighted by Crippen LogP contribution is 2.43. The highest BCUT2D eigenvalue weighted by Gasteiger charge is 2.53. The molecule has 3 heterocycles. The van der Waals surface area contributed by atoms with Crippen LogP contribution in [0.3, 0.4) is 0 Å². The summed E-state index contributed by atoms with van der Waals surface area (Å²) < 4.78 is 45.0. The predicted molar refractivity (Wildman–Crippen MR) is 198 cm³/mol. The molecule has 0 radical (unpaired) electrons. The number of nitrogens with zero attached hydrogens (tertiary/aromatic N) is 1. The molecule has 12 nitrogen and oxygen atoms in total. The molecule has 3 rings (SSSR count). The fourth-order valence-electron chi connectivity index (χ4n) is 8.84.